The Bertz CT molecular complexity index is 745. The molecule has 1 saturated heterocycles. The highest BCUT2D eigenvalue weighted by Gasteiger charge is 2.30. The molecule has 1 atom stereocenters. The summed E-state index contributed by atoms with van der Waals surface area (Å²) in [6, 6.07) is 8.16. The van der Waals surface area contributed by atoms with Crippen molar-refractivity contribution < 1.29 is 14.3 Å². The van der Waals surface area contributed by atoms with E-state index in [0.29, 0.717) is 19.6 Å². The van der Waals surface area contributed by atoms with Gasteiger partial charge in [0, 0.05) is 38.3 Å². The van der Waals surface area contributed by atoms with E-state index in [9.17, 15) is 4.79 Å². The number of rotatable bonds is 5. The third kappa shape index (κ3) is 3.69. The molecule has 0 unspecified atom stereocenters. The molecule has 0 aliphatic carbocycles. The summed E-state index contributed by atoms with van der Waals surface area (Å²) in [5, 5.41) is 4.19. The molecule has 2 aromatic rings. The van der Waals surface area contributed by atoms with Gasteiger partial charge in [-0.15, -0.1) is 0 Å². The van der Waals surface area contributed by atoms with Crippen LogP contribution in [0.2, 0.25) is 0 Å². The van der Waals surface area contributed by atoms with Crippen molar-refractivity contribution in [3.05, 3.63) is 42.2 Å². The average Bonchev–Trinajstić information content (AvgIpc) is 3.29. The Morgan fingerprint density at radius 3 is 2.92 bits per heavy atom. The first kappa shape index (κ1) is 16.9. The first-order valence-electron chi connectivity index (χ1n) is 9.48. The van der Waals surface area contributed by atoms with Crippen LogP contribution in [0.5, 0.6) is 11.5 Å². The van der Waals surface area contributed by atoms with E-state index >= 15 is 0 Å². The van der Waals surface area contributed by atoms with Crippen LogP contribution in [0.15, 0.2) is 36.7 Å². The SMILES string of the molecule is O=C(CCCn1cccn1)N1CCC[C@@H]1c1ccc2c(c1)OCCCO2. The van der Waals surface area contributed by atoms with Crippen LogP contribution in [0.4, 0.5) is 0 Å². The maximum absolute atomic E-state index is 12.7. The maximum atomic E-state index is 12.7. The number of aryl methyl sites for hydroxylation is 1. The molecule has 2 aliphatic heterocycles. The van der Waals surface area contributed by atoms with Gasteiger partial charge in [0.2, 0.25) is 5.91 Å². The third-order valence-electron chi connectivity index (χ3n) is 5.07. The van der Waals surface area contributed by atoms with Crippen LogP contribution in [-0.2, 0) is 11.3 Å². The molecule has 0 saturated carbocycles. The van der Waals surface area contributed by atoms with Gasteiger partial charge in [-0.05, 0) is 43.0 Å². The van der Waals surface area contributed by atoms with Crippen molar-refractivity contribution in [2.45, 2.75) is 44.7 Å². The van der Waals surface area contributed by atoms with E-state index in [-0.39, 0.29) is 11.9 Å². The number of benzene rings is 1. The number of likely N-dealkylation sites (tertiary alicyclic amines) is 1. The Kier molecular flexibility index (Phi) is 5.09. The quantitative estimate of drug-likeness (QED) is 0.826. The van der Waals surface area contributed by atoms with Gasteiger partial charge < -0.3 is 14.4 Å². The van der Waals surface area contributed by atoms with E-state index in [1.54, 1.807) is 6.20 Å². The molecule has 6 heteroatoms. The number of aromatic nitrogens is 2. The second-order valence-electron chi connectivity index (χ2n) is 6.87. The van der Waals surface area contributed by atoms with Gasteiger partial charge in [-0.25, -0.2) is 0 Å². The van der Waals surface area contributed by atoms with E-state index in [0.717, 1.165) is 55.8 Å². The third-order valence-corrected chi connectivity index (χ3v) is 5.07. The molecule has 3 heterocycles. The lowest BCUT2D eigenvalue weighted by Crippen LogP contribution is -2.30. The molecule has 1 amide bonds. The Morgan fingerprint density at radius 1 is 1.19 bits per heavy atom. The number of hydrogen-bond acceptors (Lipinski definition) is 4. The Labute approximate surface area is 153 Å². The molecular weight excluding hydrogens is 330 g/mol. The fourth-order valence-corrected chi connectivity index (χ4v) is 3.77. The molecule has 1 fully saturated rings. The van der Waals surface area contributed by atoms with Crippen molar-refractivity contribution in [2.24, 2.45) is 0 Å². The van der Waals surface area contributed by atoms with Crippen LogP contribution in [-0.4, -0.2) is 40.3 Å². The average molecular weight is 355 g/mol. The summed E-state index contributed by atoms with van der Waals surface area (Å²) in [6.45, 7) is 2.98. The maximum Gasteiger partial charge on any atom is 0.223 e. The minimum Gasteiger partial charge on any atom is -0.490 e. The van der Waals surface area contributed by atoms with Gasteiger partial charge in [-0.3, -0.25) is 9.48 Å². The normalized spacial score (nSPS) is 19.4. The highest BCUT2D eigenvalue weighted by molar-refractivity contribution is 5.77. The van der Waals surface area contributed by atoms with Gasteiger partial charge in [0.1, 0.15) is 0 Å². The molecule has 138 valence electrons. The zero-order valence-electron chi connectivity index (χ0n) is 15.0. The Morgan fingerprint density at radius 2 is 2.08 bits per heavy atom. The zero-order valence-corrected chi connectivity index (χ0v) is 15.0. The molecule has 0 spiro atoms. The zero-order chi connectivity index (χ0) is 17.8. The number of nitrogens with zero attached hydrogens (tertiary/aromatic N) is 3. The number of amides is 1. The highest BCUT2D eigenvalue weighted by atomic mass is 16.5. The van der Waals surface area contributed by atoms with Gasteiger partial charge >= 0.3 is 0 Å². The van der Waals surface area contributed by atoms with E-state index < -0.39 is 0 Å². The first-order chi connectivity index (χ1) is 12.8. The van der Waals surface area contributed by atoms with Crippen molar-refractivity contribution in [1.82, 2.24) is 14.7 Å². The monoisotopic (exact) mass is 355 g/mol. The highest BCUT2D eigenvalue weighted by Crippen LogP contribution is 2.38. The summed E-state index contributed by atoms with van der Waals surface area (Å²) in [5.41, 5.74) is 1.15. The molecule has 0 N–H and O–H groups in total. The predicted octanol–water partition coefficient (Wildman–Crippen LogP) is 3.19. The van der Waals surface area contributed by atoms with Crippen LogP contribution in [0.25, 0.3) is 0 Å². The van der Waals surface area contributed by atoms with Gasteiger partial charge in [0.05, 0.1) is 19.3 Å². The van der Waals surface area contributed by atoms with Gasteiger partial charge in [0.15, 0.2) is 11.5 Å². The summed E-state index contributed by atoms with van der Waals surface area (Å²) in [5.74, 6) is 1.84. The smallest absolute Gasteiger partial charge is 0.223 e. The minimum atomic E-state index is 0.143. The molecule has 0 radical (unpaired) electrons. The molecule has 1 aromatic carbocycles. The van der Waals surface area contributed by atoms with E-state index in [4.69, 9.17) is 9.47 Å². The number of carbonyl (C=O) groups excluding carboxylic acids is 1. The van der Waals surface area contributed by atoms with Crippen molar-refractivity contribution in [2.75, 3.05) is 19.8 Å². The number of hydrogen-bond donors (Lipinski definition) is 0. The van der Waals surface area contributed by atoms with Crippen LogP contribution in [0.1, 0.15) is 43.7 Å². The summed E-state index contributed by atoms with van der Waals surface area (Å²) in [7, 11) is 0. The Hall–Kier alpha value is -2.50. The fraction of sp³-hybridized carbons (Fsp3) is 0.500. The summed E-state index contributed by atoms with van der Waals surface area (Å²) >= 11 is 0. The Balaban J connectivity index is 1.41. The second-order valence-corrected chi connectivity index (χ2v) is 6.87. The van der Waals surface area contributed by atoms with Gasteiger partial charge in [-0.1, -0.05) is 6.07 Å². The molecule has 2 aliphatic rings. The summed E-state index contributed by atoms with van der Waals surface area (Å²) < 4.78 is 13.4. The molecular formula is C20H25N3O3. The predicted molar refractivity (Wildman–Crippen MR) is 97.2 cm³/mol. The van der Waals surface area contributed by atoms with Crippen LogP contribution < -0.4 is 9.47 Å². The van der Waals surface area contributed by atoms with E-state index in [1.165, 1.54) is 0 Å². The van der Waals surface area contributed by atoms with Crippen molar-refractivity contribution in [3.8, 4) is 11.5 Å². The van der Waals surface area contributed by atoms with E-state index in [1.807, 2.05) is 27.9 Å². The lowest BCUT2D eigenvalue weighted by Gasteiger charge is -2.26. The largest absolute Gasteiger partial charge is 0.490 e. The van der Waals surface area contributed by atoms with E-state index in [2.05, 4.69) is 17.2 Å². The number of ether oxygens (including phenoxy) is 2. The molecule has 4 rings (SSSR count). The molecule has 0 bridgehead atoms. The number of fused-ring (bicyclic) bond motifs is 1. The van der Waals surface area contributed by atoms with Crippen LogP contribution in [0, 0.1) is 0 Å². The van der Waals surface area contributed by atoms with Crippen LogP contribution >= 0.6 is 0 Å². The topological polar surface area (TPSA) is 56.6 Å². The minimum absolute atomic E-state index is 0.143. The lowest BCUT2D eigenvalue weighted by molar-refractivity contribution is -0.132. The molecule has 6 nitrogen and oxygen atoms in total. The second kappa shape index (κ2) is 7.81. The lowest BCUT2D eigenvalue weighted by atomic mass is 10.0. The van der Waals surface area contributed by atoms with Gasteiger partial charge in [0.25, 0.3) is 0 Å². The summed E-state index contributed by atoms with van der Waals surface area (Å²) in [6.07, 6.45) is 8.01. The first-order valence-corrected chi connectivity index (χ1v) is 9.48. The standard InChI is InChI=1S/C20H25N3O3/c24-20(6-2-10-22-11-3-9-21-22)23-12-1-5-17(23)16-7-8-18-19(15-16)26-14-4-13-25-18/h3,7-9,11,15,17H,1-2,4-6,10,12-14H2/t17-/m1/s1. The fourth-order valence-electron chi connectivity index (χ4n) is 3.77. The van der Waals surface area contributed by atoms with Crippen molar-refractivity contribution in [3.63, 3.8) is 0 Å². The summed E-state index contributed by atoms with van der Waals surface area (Å²) in [4.78, 5) is 14.8. The van der Waals surface area contributed by atoms with Crippen molar-refractivity contribution in [1.29, 1.82) is 0 Å². The molecule has 1 aromatic heterocycles. The molecule has 26 heavy (non-hydrogen) atoms. The number of carbonyl (C=O) groups is 1. The van der Waals surface area contributed by atoms with Crippen molar-refractivity contribution >= 4 is 5.91 Å². The van der Waals surface area contributed by atoms with Crippen LogP contribution in [0.3, 0.4) is 0 Å². The van der Waals surface area contributed by atoms with Gasteiger partial charge in [-0.2, -0.15) is 5.10 Å².